The van der Waals surface area contributed by atoms with Gasteiger partial charge in [-0.15, -0.1) is 0 Å². The van der Waals surface area contributed by atoms with Gasteiger partial charge >= 0.3 is 5.97 Å². The monoisotopic (exact) mass is 482 g/mol. The molecule has 1 aliphatic heterocycles. The lowest BCUT2D eigenvalue weighted by Crippen LogP contribution is -2.35. The Bertz CT molecular complexity index is 1190. The van der Waals surface area contributed by atoms with Gasteiger partial charge in [0.25, 0.3) is 0 Å². The number of aromatic nitrogens is 2. The van der Waals surface area contributed by atoms with Gasteiger partial charge in [-0.2, -0.15) is 0 Å². The fraction of sp³-hybridized carbons (Fsp3) is 0.320. The van der Waals surface area contributed by atoms with Crippen molar-refractivity contribution in [2.75, 3.05) is 13.2 Å². The maximum atomic E-state index is 12.4. The van der Waals surface area contributed by atoms with Crippen LogP contribution in [-0.4, -0.2) is 38.7 Å². The molecule has 2 atom stereocenters. The summed E-state index contributed by atoms with van der Waals surface area (Å²) >= 11 is 12.1. The van der Waals surface area contributed by atoms with Crippen molar-refractivity contribution in [1.29, 1.82) is 0 Å². The molecule has 1 aromatic carbocycles. The molecule has 0 amide bonds. The van der Waals surface area contributed by atoms with Crippen LogP contribution in [0.2, 0.25) is 5.02 Å². The molecule has 3 aromatic rings. The van der Waals surface area contributed by atoms with E-state index in [4.69, 9.17) is 28.6 Å². The summed E-state index contributed by atoms with van der Waals surface area (Å²) in [5, 5.41) is 4.62. The van der Waals surface area contributed by atoms with Crippen molar-refractivity contribution in [2.45, 2.75) is 39.8 Å². The highest BCUT2D eigenvalue weighted by Crippen LogP contribution is 2.41. The Morgan fingerprint density at radius 2 is 2.00 bits per heavy atom. The molecule has 8 heteroatoms. The quantitative estimate of drug-likeness (QED) is 0.394. The van der Waals surface area contributed by atoms with Crippen LogP contribution in [0.1, 0.15) is 47.2 Å². The fourth-order valence-electron chi connectivity index (χ4n) is 4.56. The first-order chi connectivity index (χ1) is 15.8. The zero-order valence-electron chi connectivity index (χ0n) is 19.1. The van der Waals surface area contributed by atoms with Crippen molar-refractivity contribution in [3.05, 3.63) is 81.9 Å². The number of thiocarbonyl (C=S) groups is 1. The van der Waals surface area contributed by atoms with Gasteiger partial charge in [0, 0.05) is 28.3 Å². The van der Waals surface area contributed by atoms with Crippen molar-refractivity contribution < 1.29 is 9.53 Å². The highest BCUT2D eigenvalue weighted by molar-refractivity contribution is 7.80. The van der Waals surface area contributed by atoms with Crippen molar-refractivity contribution in [2.24, 2.45) is 0 Å². The average molecular weight is 483 g/mol. The summed E-state index contributed by atoms with van der Waals surface area (Å²) in [5.74, 6) is -0.312. The van der Waals surface area contributed by atoms with E-state index in [0.717, 1.165) is 38.9 Å². The van der Waals surface area contributed by atoms with E-state index in [1.807, 2.05) is 42.2 Å². The molecule has 1 aliphatic rings. The van der Waals surface area contributed by atoms with Crippen LogP contribution in [0, 0.1) is 20.8 Å². The number of nitrogens with zero attached hydrogens (tertiary/aromatic N) is 3. The number of halogens is 1. The van der Waals surface area contributed by atoms with E-state index < -0.39 is 0 Å². The van der Waals surface area contributed by atoms with E-state index in [2.05, 4.69) is 40.8 Å². The highest BCUT2D eigenvalue weighted by Gasteiger charge is 2.42. The lowest BCUT2D eigenvalue weighted by atomic mass is 9.96. The number of aryl methyl sites for hydroxylation is 1. The summed E-state index contributed by atoms with van der Waals surface area (Å²) in [6.07, 6.45) is 1.77. The minimum atomic E-state index is -0.312. The van der Waals surface area contributed by atoms with Gasteiger partial charge in [-0.25, -0.2) is 0 Å². The number of carbonyl (C=O) groups excluding carboxylic acids is 1. The molecule has 2 aromatic heterocycles. The minimum Gasteiger partial charge on any atom is -0.465 e. The van der Waals surface area contributed by atoms with Gasteiger partial charge in [-0.3, -0.25) is 9.78 Å². The number of pyridine rings is 1. The second kappa shape index (κ2) is 9.53. The number of ether oxygens (including phenoxy) is 1. The van der Waals surface area contributed by atoms with Gasteiger partial charge < -0.3 is 19.5 Å². The van der Waals surface area contributed by atoms with Gasteiger partial charge in [0.05, 0.1) is 24.4 Å². The van der Waals surface area contributed by atoms with Gasteiger partial charge in [0.15, 0.2) is 5.11 Å². The summed E-state index contributed by atoms with van der Waals surface area (Å²) < 4.78 is 7.44. The highest BCUT2D eigenvalue weighted by atomic mass is 35.5. The maximum Gasteiger partial charge on any atom is 0.325 e. The predicted molar refractivity (Wildman–Crippen MR) is 134 cm³/mol. The number of hydrogen-bond donors (Lipinski definition) is 1. The van der Waals surface area contributed by atoms with Crippen LogP contribution in [0.25, 0.3) is 5.69 Å². The van der Waals surface area contributed by atoms with Gasteiger partial charge in [0.1, 0.15) is 6.54 Å². The summed E-state index contributed by atoms with van der Waals surface area (Å²) in [5.41, 5.74) is 6.10. The Labute approximate surface area is 204 Å². The molecular formula is C25H27ClN4O2S. The summed E-state index contributed by atoms with van der Waals surface area (Å²) in [7, 11) is 0. The van der Waals surface area contributed by atoms with Crippen molar-refractivity contribution in [3.8, 4) is 5.69 Å². The SMILES string of the molecule is CCOC(=O)CN1C(=S)N[C@H](c2ccccn2)[C@H]1c1cc(C)n(-c2cccc(Cl)c2C)c1C. The normalized spacial score (nSPS) is 17.8. The molecule has 0 saturated carbocycles. The average Bonchev–Trinajstić information content (AvgIpc) is 3.26. The second-order valence-electron chi connectivity index (χ2n) is 8.11. The van der Waals surface area contributed by atoms with E-state index in [-0.39, 0.29) is 24.6 Å². The Morgan fingerprint density at radius 3 is 2.70 bits per heavy atom. The minimum absolute atomic E-state index is 0.0630. The first-order valence-corrected chi connectivity index (χ1v) is 11.7. The molecule has 3 heterocycles. The molecule has 1 saturated heterocycles. The smallest absolute Gasteiger partial charge is 0.325 e. The van der Waals surface area contributed by atoms with Gasteiger partial charge in [-0.05, 0) is 81.4 Å². The van der Waals surface area contributed by atoms with Crippen LogP contribution >= 0.6 is 23.8 Å². The third kappa shape index (κ3) is 4.35. The van der Waals surface area contributed by atoms with Crippen LogP contribution in [-0.2, 0) is 9.53 Å². The third-order valence-electron chi connectivity index (χ3n) is 6.07. The van der Waals surface area contributed by atoms with E-state index in [1.54, 1.807) is 13.1 Å². The van der Waals surface area contributed by atoms with Crippen LogP contribution in [0.5, 0.6) is 0 Å². The van der Waals surface area contributed by atoms with Crippen molar-refractivity contribution in [1.82, 2.24) is 19.8 Å². The van der Waals surface area contributed by atoms with Gasteiger partial charge in [-0.1, -0.05) is 23.7 Å². The molecule has 4 rings (SSSR count). The summed E-state index contributed by atoms with van der Waals surface area (Å²) in [6, 6.07) is 13.5. The Kier molecular flexibility index (Phi) is 6.72. The number of rotatable bonds is 6. The molecule has 172 valence electrons. The van der Waals surface area contributed by atoms with Gasteiger partial charge in [0.2, 0.25) is 0 Å². The molecule has 0 spiro atoms. The molecular weight excluding hydrogens is 456 g/mol. The van der Waals surface area contributed by atoms with Crippen LogP contribution in [0.3, 0.4) is 0 Å². The Morgan fingerprint density at radius 1 is 1.21 bits per heavy atom. The maximum absolute atomic E-state index is 12.4. The summed E-state index contributed by atoms with van der Waals surface area (Å²) in [4.78, 5) is 18.9. The molecule has 6 nitrogen and oxygen atoms in total. The molecule has 0 radical (unpaired) electrons. The van der Waals surface area contributed by atoms with Crippen LogP contribution in [0.15, 0.2) is 48.7 Å². The molecule has 0 aliphatic carbocycles. The lowest BCUT2D eigenvalue weighted by Gasteiger charge is -2.27. The van der Waals surface area contributed by atoms with E-state index >= 15 is 0 Å². The molecule has 1 fully saturated rings. The third-order valence-corrected chi connectivity index (χ3v) is 6.83. The Balaban J connectivity index is 1.84. The largest absolute Gasteiger partial charge is 0.465 e. The molecule has 1 N–H and O–H groups in total. The molecule has 0 bridgehead atoms. The van der Waals surface area contributed by atoms with Crippen molar-refractivity contribution >= 4 is 34.9 Å². The summed E-state index contributed by atoms with van der Waals surface area (Å²) in [6.45, 7) is 8.36. The molecule has 0 unspecified atom stereocenters. The number of carbonyl (C=O) groups is 1. The number of nitrogens with one attached hydrogen (secondary N) is 1. The zero-order valence-corrected chi connectivity index (χ0v) is 20.7. The van der Waals surface area contributed by atoms with Crippen LogP contribution in [0.4, 0.5) is 0 Å². The fourth-order valence-corrected chi connectivity index (χ4v) is 5.03. The first-order valence-electron chi connectivity index (χ1n) is 10.9. The lowest BCUT2D eigenvalue weighted by molar-refractivity contribution is -0.143. The topological polar surface area (TPSA) is 59.4 Å². The van der Waals surface area contributed by atoms with E-state index in [1.165, 1.54) is 0 Å². The second-order valence-corrected chi connectivity index (χ2v) is 8.90. The first kappa shape index (κ1) is 23.3. The predicted octanol–water partition coefficient (Wildman–Crippen LogP) is 4.99. The standard InChI is InChI=1S/C25H27ClN4O2S/c1-5-32-22(31)14-29-24(23(28-25(29)33)20-10-6-7-12-27-20)18-13-15(2)30(17(18)4)21-11-8-9-19(26)16(21)3/h6-13,23-24H,5,14H2,1-4H3,(H,28,33)/t23-,24-/m1/s1. The number of benzene rings is 1. The Hall–Kier alpha value is -2.90. The van der Waals surface area contributed by atoms with Crippen molar-refractivity contribution in [3.63, 3.8) is 0 Å². The van der Waals surface area contributed by atoms with E-state index in [9.17, 15) is 4.79 Å². The van der Waals surface area contributed by atoms with E-state index in [0.29, 0.717) is 11.7 Å². The van der Waals surface area contributed by atoms with Crippen LogP contribution < -0.4 is 5.32 Å². The number of esters is 1. The molecule has 33 heavy (non-hydrogen) atoms. The zero-order chi connectivity index (χ0) is 23.7. The number of hydrogen-bond acceptors (Lipinski definition) is 4.